The largest absolute Gasteiger partial charge is 0.744 e. The van der Waals surface area contributed by atoms with Crippen molar-refractivity contribution >= 4 is 10.1 Å². The van der Waals surface area contributed by atoms with Crippen molar-refractivity contribution in [3.05, 3.63) is 65.2 Å². The van der Waals surface area contributed by atoms with Crippen LogP contribution in [0.2, 0.25) is 0 Å². The van der Waals surface area contributed by atoms with E-state index in [4.69, 9.17) is 0 Å². The average Bonchev–Trinajstić information content (AvgIpc) is 2.81. The molecule has 1 heterocycles. The molecule has 7 heteroatoms. The van der Waals surface area contributed by atoms with E-state index in [1.54, 1.807) is 11.8 Å². The minimum absolute atomic E-state index is 0.00608. The van der Waals surface area contributed by atoms with Gasteiger partial charge < -0.3 is 4.55 Å². The quantitative estimate of drug-likeness (QED) is 0.780. The lowest BCUT2D eigenvalue weighted by Gasteiger charge is -2.22. The molecule has 4 nitrogen and oxygen atoms in total. The van der Waals surface area contributed by atoms with E-state index in [1.165, 1.54) is 12.1 Å². The van der Waals surface area contributed by atoms with Crippen molar-refractivity contribution in [2.45, 2.75) is 30.2 Å². The molecule has 1 unspecified atom stereocenters. The summed E-state index contributed by atoms with van der Waals surface area (Å²) in [6.45, 7) is 1.55. The van der Waals surface area contributed by atoms with Gasteiger partial charge in [-0.1, -0.05) is 48.0 Å². The lowest BCUT2D eigenvalue weighted by atomic mass is 9.94. The maximum absolute atomic E-state index is 14.6. The molecular formula is C18H18F2NO3S-. The Morgan fingerprint density at radius 1 is 1.20 bits per heavy atom. The number of likely N-dealkylation sites (tertiary alicyclic amines) is 1. The topological polar surface area (TPSA) is 60.4 Å². The molecule has 0 bridgehead atoms. The van der Waals surface area contributed by atoms with Crippen LogP contribution in [-0.2, 0) is 16.7 Å². The summed E-state index contributed by atoms with van der Waals surface area (Å²) in [5.41, 5.74) is 1.45. The van der Waals surface area contributed by atoms with Gasteiger partial charge in [-0.2, -0.15) is 0 Å². The number of alkyl halides is 2. The summed E-state index contributed by atoms with van der Waals surface area (Å²) >= 11 is 0. The van der Waals surface area contributed by atoms with Crippen LogP contribution >= 0.6 is 0 Å². The van der Waals surface area contributed by atoms with Crippen molar-refractivity contribution in [1.29, 1.82) is 0 Å². The first-order valence-electron chi connectivity index (χ1n) is 7.87. The van der Waals surface area contributed by atoms with E-state index in [2.05, 4.69) is 0 Å². The summed E-state index contributed by atoms with van der Waals surface area (Å²) < 4.78 is 63.7. The number of hydrogen-bond acceptors (Lipinski definition) is 4. The summed E-state index contributed by atoms with van der Waals surface area (Å²) in [5, 5.41) is 0. The Kier molecular flexibility index (Phi) is 4.66. The second-order valence-corrected chi connectivity index (χ2v) is 7.81. The smallest absolute Gasteiger partial charge is 0.268 e. The van der Waals surface area contributed by atoms with Gasteiger partial charge in [0.25, 0.3) is 5.92 Å². The molecule has 0 radical (unpaired) electrons. The molecule has 2 aromatic carbocycles. The van der Waals surface area contributed by atoms with Crippen molar-refractivity contribution in [3.8, 4) is 0 Å². The Morgan fingerprint density at radius 2 is 1.88 bits per heavy atom. The number of nitrogens with zero attached hydrogens (tertiary/aromatic N) is 1. The fraction of sp³-hybridized carbons (Fsp3) is 0.333. The summed E-state index contributed by atoms with van der Waals surface area (Å²) in [5.74, 6) is -4.43. The molecule has 0 aliphatic carbocycles. The van der Waals surface area contributed by atoms with Gasteiger partial charge in [-0.05, 0) is 24.1 Å². The monoisotopic (exact) mass is 366 g/mol. The molecule has 3 rings (SSSR count). The van der Waals surface area contributed by atoms with Gasteiger partial charge in [0.15, 0.2) is 0 Å². The standard InChI is InChI=1S/C18H19F2NO3S/c1-13-7-8-17(25(22,23)24)15(9-13)16-11-21(12-18(16,19)20)10-14-5-3-2-4-6-14/h2-9,16H,10-12H2,1H3,(H,22,23,24)/p-1. The van der Waals surface area contributed by atoms with Gasteiger partial charge in [0.2, 0.25) is 0 Å². The molecule has 1 aliphatic heterocycles. The van der Waals surface area contributed by atoms with Crippen LogP contribution in [0.4, 0.5) is 8.78 Å². The molecule has 0 saturated carbocycles. The molecule has 134 valence electrons. The van der Waals surface area contributed by atoms with Crippen LogP contribution in [0.5, 0.6) is 0 Å². The molecule has 25 heavy (non-hydrogen) atoms. The third-order valence-corrected chi connectivity index (χ3v) is 5.35. The lowest BCUT2D eigenvalue weighted by molar-refractivity contribution is -0.00405. The second kappa shape index (κ2) is 6.48. The van der Waals surface area contributed by atoms with Crippen molar-refractivity contribution in [2.24, 2.45) is 0 Å². The maximum Gasteiger partial charge on any atom is 0.268 e. The van der Waals surface area contributed by atoms with Gasteiger partial charge in [0, 0.05) is 13.1 Å². The summed E-state index contributed by atoms with van der Waals surface area (Å²) in [7, 11) is -4.82. The van der Waals surface area contributed by atoms with Crippen molar-refractivity contribution in [3.63, 3.8) is 0 Å². The Morgan fingerprint density at radius 3 is 2.52 bits per heavy atom. The minimum Gasteiger partial charge on any atom is -0.744 e. The predicted molar refractivity (Wildman–Crippen MR) is 88.5 cm³/mol. The Hall–Kier alpha value is -1.83. The Labute approximate surface area is 145 Å². The highest BCUT2D eigenvalue weighted by Gasteiger charge is 2.49. The Balaban J connectivity index is 1.94. The van der Waals surface area contributed by atoms with Gasteiger partial charge >= 0.3 is 0 Å². The maximum atomic E-state index is 14.6. The third-order valence-electron chi connectivity index (χ3n) is 4.44. The van der Waals surface area contributed by atoms with E-state index in [0.717, 1.165) is 11.6 Å². The summed E-state index contributed by atoms with van der Waals surface area (Å²) in [6.07, 6.45) is 0. The number of halogens is 2. The van der Waals surface area contributed by atoms with Gasteiger partial charge in [-0.25, -0.2) is 17.2 Å². The van der Waals surface area contributed by atoms with E-state index < -0.39 is 33.4 Å². The zero-order valence-electron chi connectivity index (χ0n) is 13.7. The van der Waals surface area contributed by atoms with E-state index in [0.29, 0.717) is 12.1 Å². The molecule has 1 aliphatic rings. The van der Waals surface area contributed by atoms with Crippen LogP contribution in [0.1, 0.15) is 22.6 Å². The Bertz CT molecular complexity index is 869. The fourth-order valence-corrected chi connectivity index (χ4v) is 4.04. The van der Waals surface area contributed by atoms with Crippen LogP contribution in [-0.4, -0.2) is 36.9 Å². The molecule has 1 atom stereocenters. The molecule has 1 saturated heterocycles. The van der Waals surface area contributed by atoms with E-state index >= 15 is 0 Å². The minimum atomic E-state index is -4.82. The predicted octanol–water partition coefficient (Wildman–Crippen LogP) is 3.13. The number of rotatable bonds is 4. The molecule has 0 aromatic heterocycles. The zero-order valence-corrected chi connectivity index (χ0v) is 14.5. The molecule has 0 N–H and O–H groups in total. The first kappa shape index (κ1) is 18.0. The van der Waals surface area contributed by atoms with Crippen LogP contribution in [0, 0.1) is 6.92 Å². The molecule has 0 amide bonds. The fourth-order valence-electron chi connectivity index (χ4n) is 3.32. The van der Waals surface area contributed by atoms with Gasteiger partial charge in [0.1, 0.15) is 10.1 Å². The molecule has 2 aromatic rings. The third kappa shape index (κ3) is 3.89. The van der Waals surface area contributed by atoms with Crippen LogP contribution in [0.3, 0.4) is 0 Å². The van der Waals surface area contributed by atoms with Crippen LogP contribution in [0.25, 0.3) is 0 Å². The summed E-state index contributed by atoms with van der Waals surface area (Å²) in [4.78, 5) is 1.04. The van der Waals surface area contributed by atoms with Gasteiger partial charge in [-0.3, -0.25) is 4.90 Å². The number of benzene rings is 2. The average molecular weight is 366 g/mol. The van der Waals surface area contributed by atoms with E-state index in [1.807, 2.05) is 30.3 Å². The number of aryl methyl sites for hydroxylation is 1. The SMILES string of the molecule is Cc1ccc(S(=O)(=O)[O-])c(C2CN(Cc3ccccc3)CC2(F)F)c1. The van der Waals surface area contributed by atoms with Crippen molar-refractivity contribution < 1.29 is 21.8 Å². The normalized spacial score (nSPS) is 20.7. The van der Waals surface area contributed by atoms with Crippen molar-refractivity contribution in [2.75, 3.05) is 13.1 Å². The van der Waals surface area contributed by atoms with E-state index in [9.17, 15) is 21.8 Å². The van der Waals surface area contributed by atoms with E-state index in [-0.39, 0.29) is 12.1 Å². The first-order valence-corrected chi connectivity index (χ1v) is 9.28. The first-order chi connectivity index (χ1) is 11.7. The molecule has 0 spiro atoms. The molecule has 1 fully saturated rings. The highest BCUT2D eigenvalue weighted by Crippen LogP contribution is 2.43. The highest BCUT2D eigenvalue weighted by atomic mass is 32.2. The lowest BCUT2D eigenvalue weighted by Crippen LogP contribution is -2.27. The van der Waals surface area contributed by atoms with Gasteiger partial charge in [0.05, 0.1) is 17.4 Å². The van der Waals surface area contributed by atoms with Crippen LogP contribution < -0.4 is 0 Å². The second-order valence-electron chi connectivity index (χ2n) is 6.46. The zero-order chi connectivity index (χ0) is 18.2. The van der Waals surface area contributed by atoms with Crippen molar-refractivity contribution in [1.82, 2.24) is 4.90 Å². The highest BCUT2D eigenvalue weighted by molar-refractivity contribution is 7.85. The number of hydrogen-bond donors (Lipinski definition) is 0. The summed E-state index contributed by atoms with van der Waals surface area (Å²) in [6, 6.07) is 13.2. The molecular weight excluding hydrogens is 348 g/mol. The van der Waals surface area contributed by atoms with Gasteiger partial charge in [-0.15, -0.1) is 0 Å². The van der Waals surface area contributed by atoms with Crippen LogP contribution in [0.15, 0.2) is 53.4 Å².